The van der Waals surface area contributed by atoms with Crippen LogP contribution in [-0.2, 0) is 0 Å². The van der Waals surface area contributed by atoms with Gasteiger partial charge in [-0.15, -0.1) is 0 Å². The van der Waals surface area contributed by atoms with Gasteiger partial charge in [-0.1, -0.05) is 45.3 Å². The second-order valence-corrected chi connectivity index (χ2v) is 3.58. The lowest BCUT2D eigenvalue weighted by atomic mass is 10.0. The molecule has 0 aromatic rings. The van der Waals surface area contributed by atoms with Gasteiger partial charge in [0.15, 0.2) is 0 Å². The first kappa shape index (κ1) is 12.2. The highest BCUT2D eigenvalue weighted by Crippen LogP contribution is 2.08. The molecule has 0 bridgehead atoms. The van der Waals surface area contributed by atoms with E-state index >= 15 is 0 Å². The van der Waals surface area contributed by atoms with Crippen LogP contribution in [0.2, 0.25) is 0 Å². The Morgan fingerprint density at radius 3 is 2.31 bits per heavy atom. The molecule has 0 aliphatic rings. The lowest BCUT2D eigenvalue weighted by Crippen LogP contribution is -2.07. The summed E-state index contributed by atoms with van der Waals surface area (Å²) in [5, 5.41) is 12.0. The molecular weight excluding hydrogens is 162 g/mol. The number of nitrogens with zero attached hydrogens (tertiary/aromatic N) is 1. The summed E-state index contributed by atoms with van der Waals surface area (Å²) < 4.78 is 0. The van der Waals surface area contributed by atoms with Gasteiger partial charge >= 0.3 is 0 Å². The second kappa shape index (κ2) is 6.70. The van der Waals surface area contributed by atoms with Crippen LogP contribution in [0.3, 0.4) is 0 Å². The van der Waals surface area contributed by atoms with Crippen LogP contribution < -0.4 is 0 Å². The third kappa shape index (κ3) is 4.71. The molecule has 2 unspecified atom stereocenters. The van der Waals surface area contributed by atoms with Crippen molar-refractivity contribution in [1.82, 2.24) is 0 Å². The fourth-order valence-corrected chi connectivity index (χ4v) is 0.904. The molecule has 2 nitrogen and oxygen atoms in total. The van der Waals surface area contributed by atoms with E-state index in [0.717, 1.165) is 18.6 Å². The monoisotopic (exact) mass is 183 g/mol. The number of hydrogen-bond acceptors (Lipinski definition) is 2. The van der Waals surface area contributed by atoms with Crippen LogP contribution in [-0.4, -0.2) is 10.9 Å². The van der Waals surface area contributed by atoms with Crippen LogP contribution in [0, 0.1) is 11.8 Å². The highest BCUT2D eigenvalue weighted by molar-refractivity contribution is 5.96. The van der Waals surface area contributed by atoms with E-state index in [0.29, 0.717) is 11.8 Å². The lowest BCUT2D eigenvalue weighted by molar-refractivity contribution is 0.316. The van der Waals surface area contributed by atoms with Crippen molar-refractivity contribution < 1.29 is 5.21 Å². The average Bonchev–Trinajstić information content (AvgIpc) is 2.17. The van der Waals surface area contributed by atoms with E-state index in [1.807, 2.05) is 6.08 Å². The maximum Gasteiger partial charge on any atom is 0.0820 e. The maximum atomic E-state index is 8.75. The SMILES string of the molecule is CCC(C)/C=C\C(=N\O)C(C)CC. The lowest BCUT2D eigenvalue weighted by Gasteiger charge is -2.07. The minimum absolute atomic E-state index is 0.338. The Bertz CT molecular complexity index is 185. The molecule has 0 spiro atoms. The number of hydrogen-bond donors (Lipinski definition) is 1. The Hall–Kier alpha value is -0.790. The standard InChI is InChI=1S/C11H21NO/c1-5-9(3)7-8-11(12-13)10(4)6-2/h7-10,13H,5-6H2,1-4H3/b8-7-,12-11-. The molecule has 0 saturated carbocycles. The zero-order chi connectivity index (χ0) is 10.3. The Kier molecular flexibility index (Phi) is 6.29. The van der Waals surface area contributed by atoms with E-state index in [-0.39, 0.29) is 0 Å². The fraction of sp³-hybridized carbons (Fsp3) is 0.727. The molecule has 0 fully saturated rings. The summed E-state index contributed by atoms with van der Waals surface area (Å²) in [6.45, 7) is 8.46. The van der Waals surface area contributed by atoms with Gasteiger partial charge in [0.2, 0.25) is 0 Å². The molecule has 0 aliphatic carbocycles. The molecule has 1 N–H and O–H groups in total. The predicted octanol–water partition coefficient (Wildman–Crippen LogP) is 3.47. The van der Waals surface area contributed by atoms with Crippen molar-refractivity contribution in [3.63, 3.8) is 0 Å². The van der Waals surface area contributed by atoms with Crippen molar-refractivity contribution in [1.29, 1.82) is 0 Å². The third-order valence-corrected chi connectivity index (χ3v) is 2.47. The van der Waals surface area contributed by atoms with Crippen molar-refractivity contribution in [2.24, 2.45) is 17.0 Å². The van der Waals surface area contributed by atoms with E-state index in [1.165, 1.54) is 0 Å². The van der Waals surface area contributed by atoms with E-state index in [4.69, 9.17) is 5.21 Å². The van der Waals surface area contributed by atoms with Gasteiger partial charge in [0, 0.05) is 5.92 Å². The second-order valence-electron chi connectivity index (χ2n) is 3.58. The van der Waals surface area contributed by atoms with E-state index in [9.17, 15) is 0 Å². The van der Waals surface area contributed by atoms with Crippen molar-refractivity contribution >= 4 is 5.71 Å². The zero-order valence-corrected chi connectivity index (χ0v) is 9.12. The molecule has 0 radical (unpaired) electrons. The molecule has 0 aliphatic heterocycles. The smallest absolute Gasteiger partial charge is 0.0820 e. The first-order chi connectivity index (χ1) is 6.15. The van der Waals surface area contributed by atoms with Gasteiger partial charge in [-0.25, -0.2) is 0 Å². The number of rotatable bonds is 5. The molecule has 0 aromatic carbocycles. The fourth-order valence-electron chi connectivity index (χ4n) is 0.904. The van der Waals surface area contributed by atoms with Crippen molar-refractivity contribution in [2.45, 2.75) is 40.5 Å². The summed E-state index contributed by atoms with van der Waals surface area (Å²) in [7, 11) is 0. The summed E-state index contributed by atoms with van der Waals surface area (Å²) >= 11 is 0. The van der Waals surface area contributed by atoms with Crippen molar-refractivity contribution in [3.05, 3.63) is 12.2 Å². The number of oxime groups is 1. The van der Waals surface area contributed by atoms with Gasteiger partial charge in [-0.3, -0.25) is 0 Å². The average molecular weight is 183 g/mol. The topological polar surface area (TPSA) is 32.6 Å². The van der Waals surface area contributed by atoms with E-state index in [1.54, 1.807) is 0 Å². The summed E-state index contributed by atoms with van der Waals surface area (Å²) in [5.41, 5.74) is 0.780. The third-order valence-electron chi connectivity index (χ3n) is 2.47. The summed E-state index contributed by atoms with van der Waals surface area (Å²) in [6, 6.07) is 0. The Morgan fingerprint density at radius 1 is 1.31 bits per heavy atom. The Labute approximate surface area is 81.3 Å². The molecule has 0 rings (SSSR count). The molecule has 0 aromatic heterocycles. The molecule has 76 valence electrons. The maximum absolute atomic E-state index is 8.75. The molecule has 2 atom stereocenters. The van der Waals surface area contributed by atoms with Crippen molar-refractivity contribution in [2.75, 3.05) is 0 Å². The molecule has 13 heavy (non-hydrogen) atoms. The largest absolute Gasteiger partial charge is 0.411 e. The molecule has 0 saturated heterocycles. The quantitative estimate of drug-likeness (QED) is 0.395. The van der Waals surface area contributed by atoms with Gasteiger partial charge in [-0.2, -0.15) is 0 Å². The van der Waals surface area contributed by atoms with Crippen LogP contribution >= 0.6 is 0 Å². The van der Waals surface area contributed by atoms with Crippen molar-refractivity contribution in [3.8, 4) is 0 Å². The van der Waals surface area contributed by atoms with E-state index < -0.39 is 0 Å². The minimum Gasteiger partial charge on any atom is -0.411 e. The van der Waals surface area contributed by atoms with Crippen LogP contribution in [0.1, 0.15) is 40.5 Å². The van der Waals surface area contributed by atoms with Crippen LogP contribution in [0.5, 0.6) is 0 Å². The minimum atomic E-state index is 0.338. The Morgan fingerprint density at radius 2 is 1.92 bits per heavy atom. The summed E-state index contributed by atoms with van der Waals surface area (Å²) in [5.74, 6) is 0.895. The molecule has 0 amide bonds. The normalized spacial score (nSPS) is 17.7. The zero-order valence-electron chi connectivity index (χ0n) is 9.12. The molecule has 0 heterocycles. The van der Waals surface area contributed by atoms with Gasteiger partial charge in [0.05, 0.1) is 5.71 Å². The van der Waals surface area contributed by atoms with Crippen LogP contribution in [0.15, 0.2) is 17.3 Å². The highest BCUT2D eigenvalue weighted by atomic mass is 16.4. The van der Waals surface area contributed by atoms with Gasteiger partial charge in [0.25, 0.3) is 0 Å². The van der Waals surface area contributed by atoms with Gasteiger partial charge < -0.3 is 5.21 Å². The highest BCUT2D eigenvalue weighted by Gasteiger charge is 2.05. The van der Waals surface area contributed by atoms with Gasteiger partial charge in [-0.05, 0) is 18.4 Å². The Balaban J connectivity index is 4.21. The predicted molar refractivity (Wildman–Crippen MR) is 57.3 cm³/mol. The van der Waals surface area contributed by atoms with Crippen LogP contribution in [0.25, 0.3) is 0 Å². The molecule has 2 heteroatoms. The van der Waals surface area contributed by atoms with Gasteiger partial charge in [0.1, 0.15) is 0 Å². The summed E-state index contributed by atoms with van der Waals surface area (Å²) in [6.07, 6.45) is 6.16. The first-order valence-electron chi connectivity index (χ1n) is 5.05. The summed E-state index contributed by atoms with van der Waals surface area (Å²) in [4.78, 5) is 0. The number of allylic oxidation sites excluding steroid dienone is 2. The van der Waals surface area contributed by atoms with Crippen LogP contribution in [0.4, 0.5) is 0 Å². The van der Waals surface area contributed by atoms with E-state index in [2.05, 4.69) is 38.9 Å². The molecular formula is C11H21NO. The first-order valence-corrected chi connectivity index (χ1v) is 5.05.